The average molecular weight is 356 g/mol. The molecule has 1 N–H and O–H groups in total. The highest BCUT2D eigenvalue weighted by Crippen LogP contribution is 2.14. The van der Waals surface area contributed by atoms with Crippen LogP contribution >= 0.6 is 11.6 Å². The third kappa shape index (κ3) is 5.33. The fraction of sp³-hybridized carbons (Fsp3) is 0.211. The van der Waals surface area contributed by atoms with Gasteiger partial charge in [0.1, 0.15) is 5.75 Å². The number of hydrogen-bond acceptors (Lipinski definition) is 4. The van der Waals surface area contributed by atoms with Gasteiger partial charge in [0.25, 0.3) is 5.91 Å². The summed E-state index contributed by atoms with van der Waals surface area (Å²) in [5.74, 6) is 0.156. The lowest BCUT2D eigenvalue weighted by Gasteiger charge is -2.13. The van der Waals surface area contributed by atoms with Gasteiger partial charge in [-0.25, -0.2) is 5.43 Å². The predicted octanol–water partition coefficient (Wildman–Crippen LogP) is 3.91. The highest BCUT2D eigenvalue weighted by Gasteiger charge is 2.14. The molecule has 1 atom stereocenters. The van der Waals surface area contributed by atoms with Gasteiger partial charge in [-0.05, 0) is 55.3 Å². The number of hydrazone groups is 1. The highest BCUT2D eigenvalue weighted by atomic mass is 35.5. The second kappa shape index (κ2) is 8.86. The first-order chi connectivity index (χ1) is 12.0. The quantitative estimate of drug-likeness (QED) is 0.630. The van der Waals surface area contributed by atoms with E-state index in [4.69, 9.17) is 21.6 Å². The molecule has 2 aromatic carbocycles. The number of hydrogen-bond donors (Lipinski definition) is 1. The molecule has 0 radical (unpaired) electrons. The van der Waals surface area contributed by atoms with E-state index in [1.165, 1.54) is 0 Å². The predicted molar refractivity (Wildman–Crippen MR) is 97.7 cm³/mol. The minimum atomic E-state index is -0.722. The van der Waals surface area contributed by atoms with E-state index < -0.39 is 6.10 Å². The van der Waals surface area contributed by atoms with Crippen LogP contribution in [-0.2, 0) is 4.79 Å². The number of nitrogens with one attached hydrogen (secondary N) is 1. The van der Waals surface area contributed by atoms with Crippen LogP contribution < -0.4 is 10.2 Å². The van der Waals surface area contributed by atoms with Gasteiger partial charge < -0.3 is 4.74 Å². The Labute approximate surface area is 151 Å². The van der Waals surface area contributed by atoms with Crippen molar-refractivity contribution in [3.63, 3.8) is 0 Å². The summed E-state index contributed by atoms with van der Waals surface area (Å²) in [7, 11) is 0. The molecule has 2 rings (SSSR count). The molecule has 0 aliphatic carbocycles. The standard InChI is InChI=1S/C19H18ClN3O2/c1-3-18(15-6-8-16(20)9-7-15)22-23-19(24)13(2)25-17-10-4-14(12-21)5-11-17/h4-11,13H,3H2,1-2H3,(H,23,24)/b22-18+. The van der Waals surface area contributed by atoms with Crippen molar-refractivity contribution in [1.82, 2.24) is 5.43 Å². The van der Waals surface area contributed by atoms with Gasteiger partial charge in [-0.1, -0.05) is 30.7 Å². The number of nitriles is 1. The van der Waals surface area contributed by atoms with E-state index in [-0.39, 0.29) is 5.91 Å². The lowest BCUT2D eigenvalue weighted by Crippen LogP contribution is -2.34. The zero-order valence-electron chi connectivity index (χ0n) is 14.0. The maximum atomic E-state index is 12.2. The Morgan fingerprint density at radius 1 is 1.24 bits per heavy atom. The third-order valence-electron chi connectivity index (χ3n) is 3.48. The molecule has 128 valence electrons. The lowest BCUT2D eigenvalue weighted by atomic mass is 10.1. The summed E-state index contributed by atoms with van der Waals surface area (Å²) in [4.78, 5) is 12.2. The number of rotatable bonds is 6. The van der Waals surface area contributed by atoms with E-state index >= 15 is 0 Å². The molecule has 1 amide bonds. The van der Waals surface area contributed by atoms with Crippen molar-refractivity contribution in [2.24, 2.45) is 5.10 Å². The Morgan fingerprint density at radius 3 is 2.44 bits per heavy atom. The number of amides is 1. The van der Waals surface area contributed by atoms with Gasteiger partial charge in [0.05, 0.1) is 17.3 Å². The first-order valence-electron chi connectivity index (χ1n) is 7.82. The van der Waals surface area contributed by atoms with E-state index in [9.17, 15) is 4.79 Å². The molecular weight excluding hydrogens is 338 g/mol. The molecule has 0 saturated heterocycles. The highest BCUT2D eigenvalue weighted by molar-refractivity contribution is 6.30. The number of halogens is 1. The molecule has 0 heterocycles. The third-order valence-corrected chi connectivity index (χ3v) is 3.73. The van der Waals surface area contributed by atoms with Gasteiger partial charge in [0.2, 0.25) is 0 Å². The monoisotopic (exact) mass is 355 g/mol. The van der Waals surface area contributed by atoms with Crippen LogP contribution in [0.25, 0.3) is 0 Å². The number of carbonyl (C=O) groups is 1. The average Bonchev–Trinajstić information content (AvgIpc) is 2.64. The van der Waals surface area contributed by atoms with Gasteiger partial charge in [0, 0.05) is 5.02 Å². The summed E-state index contributed by atoms with van der Waals surface area (Å²) >= 11 is 5.88. The summed E-state index contributed by atoms with van der Waals surface area (Å²) in [5, 5.41) is 13.6. The van der Waals surface area contributed by atoms with Crippen molar-refractivity contribution in [2.45, 2.75) is 26.4 Å². The Kier molecular flexibility index (Phi) is 6.55. The summed E-state index contributed by atoms with van der Waals surface area (Å²) < 4.78 is 5.55. The van der Waals surface area contributed by atoms with Crippen molar-refractivity contribution in [3.05, 3.63) is 64.7 Å². The van der Waals surface area contributed by atoms with Gasteiger partial charge in [0.15, 0.2) is 6.10 Å². The second-order valence-electron chi connectivity index (χ2n) is 5.29. The van der Waals surface area contributed by atoms with Crippen molar-refractivity contribution in [3.8, 4) is 11.8 Å². The normalized spacial score (nSPS) is 12.2. The summed E-state index contributed by atoms with van der Waals surface area (Å²) in [5.41, 5.74) is 4.70. The Morgan fingerprint density at radius 2 is 1.88 bits per heavy atom. The fourth-order valence-corrected chi connectivity index (χ4v) is 2.20. The van der Waals surface area contributed by atoms with Crippen LogP contribution in [-0.4, -0.2) is 17.7 Å². The summed E-state index contributed by atoms with van der Waals surface area (Å²) in [6.07, 6.45) is -0.0627. The Bertz CT molecular complexity index is 793. The van der Waals surface area contributed by atoms with Crippen molar-refractivity contribution < 1.29 is 9.53 Å². The SMILES string of the molecule is CC/C(=N\NC(=O)C(C)Oc1ccc(C#N)cc1)c1ccc(Cl)cc1. The number of benzene rings is 2. The molecule has 0 aliphatic heterocycles. The largest absolute Gasteiger partial charge is 0.481 e. The first kappa shape index (κ1) is 18.5. The molecule has 0 saturated carbocycles. The molecule has 25 heavy (non-hydrogen) atoms. The zero-order chi connectivity index (χ0) is 18.2. The molecule has 0 aromatic heterocycles. The number of ether oxygens (including phenoxy) is 1. The smallest absolute Gasteiger partial charge is 0.280 e. The molecule has 0 fully saturated rings. The van der Waals surface area contributed by atoms with E-state index in [0.717, 1.165) is 11.3 Å². The van der Waals surface area contributed by atoms with E-state index in [1.54, 1.807) is 43.3 Å². The first-order valence-corrected chi connectivity index (χ1v) is 8.20. The minimum Gasteiger partial charge on any atom is -0.481 e. The van der Waals surface area contributed by atoms with Crippen LogP contribution in [0, 0.1) is 11.3 Å². The van der Waals surface area contributed by atoms with E-state index in [1.807, 2.05) is 25.1 Å². The van der Waals surface area contributed by atoms with Crippen LogP contribution in [0.15, 0.2) is 53.6 Å². The van der Waals surface area contributed by atoms with Crippen LogP contribution in [0.4, 0.5) is 0 Å². The zero-order valence-corrected chi connectivity index (χ0v) is 14.7. The van der Waals surface area contributed by atoms with E-state index in [2.05, 4.69) is 10.5 Å². The molecule has 0 aliphatic rings. The van der Waals surface area contributed by atoms with Gasteiger partial charge in [-0.3, -0.25) is 4.79 Å². The summed E-state index contributed by atoms with van der Waals surface area (Å²) in [6.45, 7) is 3.59. The summed E-state index contributed by atoms with van der Waals surface area (Å²) in [6, 6.07) is 15.9. The minimum absolute atomic E-state index is 0.357. The second-order valence-corrected chi connectivity index (χ2v) is 5.73. The Balaban J connectivity index is 1.99. The van der Waals surface area contributed by atoms with Crippen LogP contribution in [0.1, 0.15) is 31.4 Å². The Hall–Kier alpha value is -2.84. The van der Waals surface area contributed by atoms with E-state index in [0.29, 0.717) is 22.8 Å². The molecule has 0 spiro atoms. The molecule has 5 nitrogen and oxygen atoms in total. The van der Waals surface area contributed by atoms with Gasteiger partial charge in [-0.15, -0.1) is 0 Å². The molecule has 1 unspecified atom stereocenters. The van der Waals surface area contributed by atoms with Crippen LogP contribution in [0.2, 0.25) is 5.02 Å². The topological polar surface area (TPSA) is 74.5 Å². The molecular formula is C19H18ClN3O2. The van der Waals surface area contributed by atoms with Crippen molar-refractivity contribution in [2.75, 3.05) is 0 Å². The number of nitrogens with zero attached hydrogens (tertiary/aromatic N) is 2. The maximum absolute atomic E-state index is 12.2. The van der Waals surface area contributed by atoms with Crippen molar-refractivity contribution >= 4 is 23.2 Å². The maximum Gasteiger partial charge on any atom is 0.280 e. The van der Waals surface area contributed by atoms with Gasteiger partial charge in [-0.2, -0.15) is 10.4 Å². The molecule has 6 heteroatoms. The van der Waals surface area contributed by atoms with Crippen LogP contribution in [0.5, 0.6) is 5.75 Å². The number of carbonyl (C=O) groups excluding carboxylic acids is 1. The van der Waals surface area contributed by atoms with Gasteiger partial charge >= 0.3 is 0 Å². The van der Waals surface area contributed by atoms with Crippen LogP contribution in [0.3, 0.4) is 0 Å². The molecule has 0 bridgehead atoms. The molecule has 2 aromatic rings. The fourth-order valence-electron chi connectivity index (χ4n) is 2.07. The lowest BCUT2D eigenvalue weighted by molar-refractivity contribution is -0.127. The van der Waals surface area contributed by atoms with Crippen molar-refractivity contribution in [1.29, 1.82) is 5.26 Å².